The zero-order valence-electron chi connectivity index (χ0n) is 35.4. The van der Waals surface area contributed by atoms with Crippen LogP contribution in [0.3, 0.4) is 0 Å². The van der Waals surface area contributed by atoms with Gasteiger partial charge in [-0.25, -0.2) is 40.1 Å². The fourth-order valence-electron chi connectivity index (χ4n) is 8.87. The Morgan fingerprint density at radius 1 is 0.806 bits per heavy atom. The molecule has 7 rings (SSSR count). The minimum Gasteiger partial charge on any atom is -0.342 e. The molecule has 0 saturated carbocycles. The van der Waals surface area contributed by atoms with E-state index in [1.54, 1.807) is 73.7 Å². The summed E-state index contributed by atoms with van der Waals surface area (Å²) < 4.78 is 154. The minimum atomic E-state index is -3.49. The van der Waals surface area contributed by atoms with Gasteiger partial charge in [0.1, 0.15) is 5.69 Å². The maximum Gasteiger partial charge on any atom is 0.262 e. The van der Waals surface area contributed by atoms with Gasteiger partial charge >= 0.3 is 0 Å². The van der Waals surface area contributed by atoms with Gasteiger partial charge in [0.25, 0.3) is 5.70 Å². The second-order valence-corrected chi connectivity index (χ2v) is 17.6. The number of fused-ring (bicyclic) bond motifs is 2. The van der Waals surface area contributed by atoms with Crippen molar-refractivity contribution in [1.29, 1.82) is 0 Å². The summed E-state index contributed by atoms with van der Waals surface area (Å²) in [6.07, 6.45) is 0.768. The van der Waals surface area contributed by atoms with Crippen LogP contribution in [-0.2, 0) is 9.47 Å². The van der Waals surface area contributed by atoms with E-state index in [9.17, 15) is 17.6 Å². The molecule has 1 heterocycles. The van der Waals surface area contributed by atoms with Crippen LogP contribution in [0.15, 0.2) is 141 Å². The number of ether oxygens (including phenoxy) is 2. The van der Waals surface area contributed by atoms with Crippen LogP contribution < -0.4 is 0 Å². The van der Waals surface area contributed by atoms with E-state index in [0.29, 0.717) is 35.3 Å². The maximum atomic E-state index is 17.2. The van der Waals surface area contributed by atoms with Crippen LogP contribution in [0.1, 0.15) is 72.9 Å². The third kappa shape index (κ3) is 7.87. The number of allylic oxidation sites excluding steroid dienone is 8. The van der Waals surface area contributed by atoms with E-state index in [4.69, 9.17) is 9.47 Å². The van der Waals surface area contributed by atoms with Crippen LogP contribution in [0.4, 0.5) is 45.2 Å². The molecule has 4 aliphatic rings. The van der Waals surface area contributed by atoms with Crippen LogP contribution >= 0.6 is 0 Å². The van der Waals surface area contributed by atoms with Crippen LogP contribution in [0.25, 0.3) is 0 Å². The Morgan fingerprint density at radius 2 is 1.44 bits per heavy atom. The maximum absolute atomic E-state index is 17.2. The summed E-state index contributed by atoms with van der Waals surface area (Å²) in [5, 5.41) is 0. The lowest BCUT2D eigenvalue weighted by molar-refractivity contribution is -0.599. The summed E-state index contributed by atoms with van der Waals surface area (Å²) in [4.78, 5) is 4.42. The number of benzene rings is 3. The highest BCUT2D eigenvalue weighted by Crippen LogP contribution is 2.49. The Bertz CT molecular complexity index is 2560. The zero-order valence-corrected chi connectivity index (χ0v) is 35.4. The highest BCUT2D eigenvalue weighted by atomic mass is 19.2. The first-order valence-corrected chi connectivity index (χ1v) is 20.2. The smallest absolute Gasteiger partial charge is 0.262 e. The lowest BCUT2D eigenvalue weighted by Crippen LogP contribution is -2.59. The molecule has 0 aromatic heterocycles. The number of aliphatic imine (C=N–C) groups is 1. The standard InChI is InChI=1S/C49H46F9N2O2/c1-25-19-27(3)34-22-30(20-25)42(29-17-13-10-14-18-29)60(44-40(56)38(54)39(55)43(57)49(44,8)58)48(6,7)46(61-34)62-45-31(21-26(2)24-47(45,4)5)41(28-15-11-9-12-16-28)59-33-23-32(50)35(51)37(53)36(33)52/h9-21,23-24,27,34,43,45-46H,22H2,1-8H3/q+1. The summed E-state index contributed by atoms with van der Waals surface area (Å²) in [5.41, 5.74) is -5.27. The largest absolute Gasteiger partial charge is 0.342 e. The Hall–Kier alpha value is -5.27. The summed E-state index contributed by atoms with van der Waals surface area (Å²) in [5.74, 6) is -14.1. The fourth-order valence-corrected chi connectivity index (χ4v) is 8.87. The molecule has 4 nitrogen and oxygen atoms in total. The third-order valence-electron chi connectivity index (χ3n) is 11.8. The molecule has 0 saturated heterocycles. The predicted molar refractivity (Wildman–Crippen MR) is 220 cm³/mol. The molecule has 1 aliphatic heterocycles. The van der Waals surface area contributed by atoms with Crippen LogP contribution in [0.2, 0.25) is 0 Å². The molecular weight excluding hydrogens is 820 g/mol. The molecule has 0 amide bonds. The molecule has 13 heteroatoms. The van der Waals surface area contributed by atoms with Crippen LogP contribution in [-0.4, -0.2) is 51.9 Å². The van der Waals surface area contributed by atoms with Gasteiger partial charge in [-0.1, -0.05) is 98.7 Å². The van der Waals surface area contributed by atoms with Gasteiger partial charge in [-0.2, -0.15) is 8.97 Å². The summed E-state index contributed by atoms with van der Waals surface area (Å²) in [7, 11) is 0. The Kier molecular flexibility index (Phi) is 11.9. The average Bonchev–Trinajstić information content (AvgIpc) is 3.36. The average molecular weight is 866 g/mol. The molecule has 3 aromatic carbocycles. The first-order chi connectivity index (χ1) is 29.1. The zero-order chi connectivity index (χ0) is 45.2. The van der Waals surface area contributed by atoms with E-state index in [2.05, 4.69) is 4.99 Å². The van der Waals surface area contributed by atoms with Gasteiger partial charge < -0.3 is 9.47 Å². The van der Waals surface area contributed by atoms with E-state index in [1.165, 1.54) is 13.8 Å². The monoisotopic (exact) mass is 865 g/mol. The second kappa shape index (κ2) is 16.5. The van der Waals surface area contributed by atoms with Crippen LogP contribution in [0.5, 0.6) is 0 Å². The van der Waals surface area contributed by atoms with Crippen molar-refractivity contribution in [1.82, 2.24) is 0 Å². The molecule has 2 bridgehead atoms. The Labute approximate surface area is 354 Å². The third-order valence-corrected chi connectivity index (χ3v) is 11.8. The number of rotatable bonds is 7. The van der Waals surface area contributed by atoms with Crippen molar-refractivity contribution < 1.29 is 53.6 Å². The predicted octanol–water partition coefficient (Wildman–Crippen LogP) is 13.0. The summed E-state index contributed by atoms with van der Waals surface area (Å²) in [6.45, 7) is 12.8. The molecule has 0 spiro atoms. The molecule has 0 radical (unpaired) electrons. The van der Waals surface area contributed by atoms with E-state index in [-0.39, 0.29) is 29.3 Å². The first-order valence-electron chi connectivity index (χ1n) is 20.2. The van der Waals surface area contributed by atoms with Crippen molar-refractivity contribution in [3.05, 3.63) is 171 Å². The number of hydrogen-bond donors (Lipinski definition) is 0. The van der Waals surface area contributed by atoms with Crippen molar-refractivity contribution in [2.75, 3.05) is 0 Å². The molecule has 0 N–H and O–H groups in total. The number of halogens is 9. The van der Waals surface area contributed by atoms with E-state index >= 15 is 22.0 Å². The Morgan fingerprint density at radius 3 is 2.08 bits per heavy atom. The topological polar surface area (TPSA) is 33.8 Å². The van der Waals surface area contributed by atoms with Gasteiger partial charge in [-0.3, -0.25) is 0 Å². The number of hydrogen-bond acceptors (Lipinski definition) is 3. The van der Waals surface area contributed by atoms with Crippen molar-refractivity contribution in [2.45, 2.75) is 97.7 Å². The Balaban J connectivity index is 1.52. The SMILES string of the molecule is CC1=CC(C)C2CC(=C1)C(c1ccccc1)=[N+](C1=C(F)C(F)=C(F)C(F)C1(C)F)C(C)(C)C(OC1C(C(=Nc3cc(F)c(F)c(F)c3F)c3ccccc3)=CC(C)=CC1(C)C)O2. The normalized spacial score (nSPS) is 27.8. The highest BCUT2D eigenvalue weighted by Gasteiger charge is 2.62. The molecular formula is C49H46F9N2O2+. The fraction of sp³-hybridized carbons (Fsp3) is 0.347. The molecule has 62 heavy (non-hydrogen) atoms. The van der Waals surface area contributed by atoms with Gasteiger partial charge in [0.05, 0.1) is 17.9 Å². The second-order valence-electron chi connectivity index (χ2n) is 17.6. The molecule has 6 atom stereocenters. The van der Waals surface area contributed by atoms with Gasteiger partial charge in [-0.05, 0) is 39.0 Å². The first kappa shape index (κ1) is 44.8. The van der Waals surface area contributed by atoms with Gasteiger partial charge in [-0.15, -0.1) is 0 Å². The van der Waals surface area contributed by atoms with Crippen molar-refractivity contribution in [3.63, 3.8) is 0 Å². The highest BCUT2D eigenvalue weighted by molar-refractivity contribution is 6.15. The quantitative estimate of drug-likeness (QED) is 0.0779. The molecule has 326 valence electrons. The minimum absolute atomic E-state index is 0.0237. The molecule has 3 aliphatic carbocycles. The van der Waals surface area contributed by atoms with Crippen molar-refractivity contribution in [2.24, 2.45) is 16.3 Å². The number of nitrogens with zero attached hydrogens (tertiary/aromatic N) is 2. The van der Waals surface area contributed by atoms with Gasteiger partial charge in [0.15, 0.2) is 41.1 Å². The van der Waals surface area contributed by atoms with Gasteiger partial charge in [0.2, 0.25) is 29.0 Å². The lowest BCUT2D eigenvalue weighted by Gasteiger charge is -2.45. The molecule has 0 fully saturated rings. The van der Waals surface area contributed by atoms with Crippen molar-refractivity contribution >= 4 is 17.1 Å². The van der Waals surface area contributed by atoms with Crippen molar-refractivity contribution in [3.8, 4) is 0 Å². The van der Waals surface area contributed by atoms with E-state index in [1.807, 2.05) is 45.9 Å². The summed E-state index contributed by atoms with van der Waals surface area (Å²) in [6, 6.07) is 17.2. The van der Waals surface area contributed by atoms with E-state index in [0.717, 1.165) is 10.1 Å². The van der Waals surface area contributed by atoms with E-state index < -0.39 is 93.4 Å². The molecule has 6 unspecified atom stereocenters. The molecule has 3 aromatic rings. The lowest BCUT2D eigenvalue weighted by atomic mass is 9.74. The summed E-state index contributed by atoms with van der Waals surface area (Å²) >= 11 is 0. The number of alkyl halides is 2. The van der Waals surface area contributed by atoms with Crippen LogP contribution in [0, 0.1) is 34.6 Å². The van der Waals surface area contributed by atoms with Gasteiger partial charge in [0, 0.05) is 59.9 Å².